The highest BCUT2D eigenvalue weighted by Gasteiger charge is 2.31. The number of carbonyl (C=O) groups excluding carboxylic acids is 2. The van der Waals surface area contributed by atoms with Crippen LogP contribution in [-0.2, 0) is 4.79 Å². The smallest absolute Gasteiger partial charge is 0.287 e. The van der Waals surface area contributed by atoms with Gasteiger partial charge in [-0.2, -0.15) is 0 Å². The van der Waals surface area contributed by atoms with E-state index in [2.05, 4.69) is 29.0 Å². The second-order valence-corrected chi connectivity index (χ2v) is 7.86. The Morgan fingerprint density at radius 3 is 2.35 bits per heavy atom. The minimum atomic E-state index is -0.149. The number of hydrogen-bond acceptors (Lipinski definition) is 4. The number of amides is 2. The number of carbonyl (C=O) groups is 2. The van der Waals surface area contributed by atoms with E-state index in [1.165, 1.54) is 6.42 Å². The Morgan fingerprint density at radius 2 is 1.77 bits per heavy atom. The van der Waals surface area contributed by atoms with E-state index in [0.717, 1.165) is 44.5 Å². The van der Waals surface area contributed by atoms with Gasteiger partial charge in [-0.1, -0.05) is 0 Å². The Hall–Kier alpha value is -1.82. The molecular weight excluding hydrogens is 330 g/mol. The summed E-state index contributed by atoms with van der Waals surface area (Å²) in [5.41, 5.74) is 0. The minimum Gasteiger partial charge on any atom is -0.456 e. The summed E-state index contributed by atoms with van der Waals surface area (Å²) >= 11 is 0. The van der Waals surface area contributed by atoms with Crippen molar-refractivity contribution in [2.75, 3.05) is 19.6 Å². The zero-order chi connectivity index (χ0) is 18.7. The number of piperidine rings is 2. The first-order chi connectivity index (χ1) is 12.4. The van der Waals surface area contributed by atoms with E-state index >= 15 is 0 Å². The van der Waals surface area contributed by atoms with Gasteiger partial charge in [0.15, 0.2) is 5.76 Å². The van der Waals surface area contributed by atoms with Crippen molar-refractivity contribution in [2.45, 2.75) is 71.0 Å². The number of hydrogen-bond donors (Lipinski definition) is 1. The molecule has 26 heavy (non-hydrogen) atoms. The van der Waals surface area contributed by atoms with Crippen LogP contribution in [-0.4, -0.2) is 59.4 Å². The van der Waals surface area contributed by atoms with E-state index in [4.69, 9.17) is 4.42 Å². The summed E-state index contributed by atoms with van der Waals surface area (Å²) in [6.45, 7) is 8.31. The topological polar surface area (TPSA) is 65.8 Å². The SMILES string of the molecule is Cc1ccc(C(=O)NC2CCN(CC(=O)N3C(C)CCCC3C)CC2)o1. The van der Waals surface area contributed by atoms with Gasteiger partial charge in [-0.25, -0.2) is 0 Å². The highest BCUT2D eigenvalue weighted by Crippen LogP contribution is 2.23. The summed E-state index contributed by atoms with van der Waals surface area (Å²) in [6, 6.07) is 4.34. The molecule has 2 fully saturated rings. The molecule has 2 atom stereocenters. The molecule has 3 heterocycles. The molecule has 3 rings (SSSR count). The Bertz CT molecular complexity index is 624. The van der Waals surface area contributed by atoms with Gasteiger partial charge in [-0.15, -0.1) is 0 Å². The third kappa shape index (κ3) is 4.47. The average molecular weight is 361 g/mol. The first-order valence-corrected chi connectivity index (χ1v) is 9.85. The third-order valence-electron chi connectivity index (χ3n) is 5.73. The van der Waals surface area contributed by atoms with Gasteiger partial charge >= 0.3 is 0 Å². The number of nitrogens with one attached hydrogen (secondary N) is 1. The normalized spacial score (nSPS) is 25.3. The second kappa shape index (κ2) is 8.25. The van der Waals surface area contributed by atoms with E-state index in [9.17, 15) is 9.59 Å². The molecule has 0 saturated carbocycles. The molecule has 2 amide bonds. The van der Waals surface area contributed by atoms with Gasteiger partial charge in [0.25, 0.3) is 5.91 Å². The molecule has 1 aromatic heterocycles. The van der Waals surface area contributed by atoms with Crippen LogP contribution in [0.5, 0.6) is 0 Å². The quantitative estimate of drug-likeness (QED) is 0.895. The van der Waals surface area contributed by atoms with Crippen molar-refractivity contribution in [3.05, 3.63) is 23.7 Å². The predicted octanol–water partition coefficient (Wildman–Crippen LogP) is 2.57. The molecule has 2 aliphatic heterocycles. The summed E-state index contributed by atoms with van der Waals surface area (Å²) in [5.74, 6) is 1.21. The molecule has 0 aliphatic carbocycles. The highest BCUT2D eigenvalue weighted by molar-refractivity contribution is 5.91. The summed E-state index contributed by atoms with van der Waals surface area (Å²) < 4.78 is 5.38. The van der Waals surface area contributed by atoms with Crippen molar-refractivity contribution in [3.63, 3.8) is 0 Å². The van der Waals surface area contributed by atoms with E-state index < -0.39 is 0 Å². The zero-order valence-corrected chi connectivity index (χ0v) is 16.2. The van der Waals surface area contributed by atoms with E-state index in [1.54, 1.807) is 12.1 Å². The second-order valence-electron chi connectivity index (χ2n) is 7.86. The molecular formula is C20H31N3O3. The maximum absolute atomic E-state index is 12.7. The lowest BCUT2D eigenvalue weighted by Crippen LogP contribution is -2.53. The van der Waals surface area contributed by atoms with Crippen LogP contribution in [0.1, 0.15) is 62.3 Å². The number of rotatable bonds is 4. The van der Waals surface area contributed by atoms with Crippen molar-refractivity contribution < 1.29 is 14.0 Å². The van der Waals surface area contributed by atoms with Crippen molar-refractivity contribution in [1.29, 1.82) is 0 Å². The Kier molecular flexibility index (Phi) is 6.01. The van der Waals surface area contributed by atoms with Crippen LogP contribution in [0.2, 0.25) is 0 Å². The number of likely N-dealkylation sites (tertiary alicyclic amines) is 2. The molecule has 0 bridgehead atoms. The van der Waals surface area contributed by atoms with Crippen molar-refractivity contribution in [2.24, 2.45) is 0 Å². The fourth-order valence-corrected chi connectivity index (χ4v) is 4.23. The summed E-state index contributed by atoms with van der Waals surface area (Å²) in [7, 11) is 0. The highest BCUT2D eigenvalue weighted by atomic mass is 16.3. The molecule has 144 valence electrons. The first kappa shape index (κ1) is 19.0. The van der Waals surface area contributed by atoms with Gasteiger partial charge in [0.05, 0.1) is 6.54 Å². The predicted molar refractivity (Wildman–Crippen MR) is 100.0 cm³/mol. The molecule has 1 aromatic rings. The molecule has 6 heteroatoms. The van der Waals surface area contributed by atoms with Gasteiger partial charge in [-0.3, -0.25) is 14.5 Å². The van der Waals surface area contributed by atoms with Crippen LogP contribution in [0.15, 0.2) is 16.5 Å². The van der Waals surface area contributed by atoms with Crippen molar-refractivity contribution in [3.8, 4) is 0 Å². The van der Waals surface area contributed by atoms with Gasteiger partial charge < -0.3 is 14.6 Å². The lowest BCUT2D eigenvalue weighted by atomic mass is 9.97. The van der Waals surface area contributed by atoms with Crippen LogP contribution >= 0.6 is 0 Å². The molecule has 0 spiro atoms. The Labute approximate surface area is 155 Å². The number of aryl methyl sites for hydroxylation is 1. The Morgan fingerprint density at radius 1 is 1.12 bits per heavy atom. The van der Waals surface area contributed by atoms with Crippen LogP contribution in [0.3, 0.4) is 0 Å². The largest absolute Gasteiger partial charge is 0.456 e. The standard InChI is InChI=1S/C20H31N3O3/c1-14-5-4-6-15(2)23(14)19(24)13-22-11-9-17(10-12-22)21-20(25)18-8-7-16(3)26-18/h7-8,14-15,17H,4-6,9-13H2,1-3H3,(H,21,25). The zero-order valence-electron chi connectivity index (χ0n) is 16.2. The van der Waals surface area contributed by atoms with E-state index in [0.29, 0.717) is 24.4 Å². The van der Waals surface area contributed by atoms with Crippen LogP contribution in [0, 0.1) is 6.92 Å². The summed E-state index contributed by atoms with van der Waals surface area (Å²) in [4.78, 5) is 29.2. The van der Waals surface area contributed by atoms with Gasteiger partial charge in [0, 0.05) is 31.2 Å². The summed E-state index contributed by atoms with van der Waals surface area (Å²) in [6.07, 6.45) is 5.16. The monoisotopic (exact) mass is 361 g/mol. The first-order valence-electron chi connectivity index (χ1n) is 9.85. The van der Waals surface area contributed by atoms with Crippen LogP contribution < -0.4 is 5.32 Å². The van der Waals surface area contributed by atoms with E-state index in [-0.39, 0.29) is 17.9 Å². The molecule has 1 N–H and O–H groups in total. The fourth-order valence-electron chi connectivity index (χ4n) is 4.23. The molecule has 0 aromatic carbocycles. The maximum atomic E-state index is 12.7. The number of furan rings is 1. The van der Waals surface area contributed by atoms with Crippen LogP contribution in [0.25, 0.3) is 0 Å². The number of nitrogens with zero attached hydrogens (tertiary/aromatic N) is 2. The fraction of sp³-hybridized carbons (Fsp3) is 0.700. The molecule has 0 radical (unpaired) electrons. The third-order valence-corrected chi connectivity index (χ3v) is 5.73. The molecule has 2 aliphatic rings. The lowest BCUT2D eigenvalue weighted by Gasteiger charge is -2.41. The van der Waals surface area contributed by atoms with E-state index in [1.807, 2.05) is 6.92 Å². The minimum absolute atomic E-state index is 0.145. The van der Waals surface area contributed by atoms with Gasteiger partial charge in [0.2, 0.25) is 5.91 Å². The maximum Gasteiger partial charge on any atom is 0.287 e. The van der Waals surface area contributed by atoms with Gasteiger partial charge in [0.1, 0.15) is 5.76 Å². The molecule has 2 saturated heterocycles. The molecule has 2 unspecified atom stereocenters. The Balaban J connectivity index is 1.45. The summed E-state index contributed by atoms with van der Waals surface area (Å²) in [5, 5.41) is 3.05. The van der Waals surface area contributed by atoms with Crippen molar-refractivity contribution >= 4 is 11.8 Å². The molecule has 6 nitrogen and oxygen atoms in total. The van der Waals surface area contributed by atoms with Crippen LogP contribution in [0.4, 0.5) is 0 Å². The van der Waals surface area contributed by atoms with Gasteiger partial charge in [-0.05, 0) is 65.0 Å². The van der Waals surface area contributed by atoms with Crippen molar-refractivity contribution in [1.82, 2.24) is 15.1 Å². The average Bonchev–Trinajstić information content (AvgIpc) is 3.03. The lowest BCUT2D eigenvalue weighted by molar-refractivity contribution is -0.138.